The maximum atomic E-state index is 4.23. The van der Waals surface area contributed by atoms with Crippen LogP contribution in [-0.4, -0.2) is 24.7 Å². The molecule has 5 heteroatoms. The Morgan fingerprint density at radius 1 is 1.23 bits per heavy atom. The Morgan fingerprint density at radius 2 is 2.08 bits per heavy atom. The molecule has 2 aromatic heterocycles. The van der Waals surface area contributed by atoms with Crippen LogP contribution in [0.1, 0.15) is 11.5 Å². The molecule has 5 nitrogen and oxygen atoms in total. The third kappa shape index (κ3) is 1.53. The van der Waals surface area contributed by atoms with E-state index >= 15 is 0 Å². The van der Waals surface area contributed by atoms with E-state index in [0.717, 1.165) is 17.3 Å². The molecule has 0 N–H and O–H groups in total. The summed E-state index contributed by atoms with van der Waals surface area (Å²) in [6.07, 6.45) is 3.09. The third-order valence-corrected chi connectivity index (χ3v) is 1.61. The van der Waals surface area contributed by atoms with E-state index < -0.39 is 0 Å². The lowest BCUT2D eigenvalue weighted by atomic mass is 10.4. The van der Waals surface area contributed by atoms with E-state index in [1.54, 1.807) is 11.0 Å². The van der Waals surface area contributed by atoms with E-state index in [1.807, 2.05) is 19.9 Å². The molecular formula is C8H9N5. The fourth-order valence-corrected chi connectivity index (χ4v) is 1.14. The zero-order chi connectivity index (χ0) is 9.26. The Hall–Kier alpha value is -1.78. The first kappa shape index (κ1) is 7.85. The lowest BCUT2D eigenvalue weighted by molar-refractivity contribution is 0.821. The molecule has 66 valence electrons. The van der Waals surface area contributed by atoms with Gasteiger partial charge < -0.3 is 0 Å². The van der Waals surface area contributed by atoms with Gasteiger partial charge in [-0.1, -0.05) is 0 Å². The fourth-order valence-electron chi connectivity index (χ4n) is 1.14. The molecule has 0 bridgehead atoms. The fraction of sp³-hybridized carbons (Fsp3) is 0.250. The van der Waals surface area contributed by atoms with Crippen LogP contribution in [-0.2, 0) is 0 Å². The second-order valence-electron chi connectivity index (χ2n) is 2.75. The zero-order valence-corrected chi connectivity index (χ0v) is 7.47. The summed E-state index contributed by atoms with van der Waals surface area (Å²) in [5.41, 5.74) is 0.929. The van der Waals surface area contributed by atoms with Crippen molar-refractivity contribution in [1.29, 1.82) is 0 Å². The van der Waals surface area contributed by atoms with Crippen LogP contribution in [0.15, 0.2) is 18.7 Å². The van der Waals surface area contributed by atoms with Gasteiger partial charge in [0.15, 0.2) is 5.82 Å². The van der Waals surface area contributed by atoms with Crippen LogP contribution in [0.25, 0.3) is 5.82 Å². The molecule has 0 unspecified atom stereocenters. The SMILES string of the molecule is Cc1cc(-n2cncn2)nc(C)n1. The molecule has 2 rings (SSSR count). The highest BCUT2D eigenvalue weighted by atomic mass is 15.3. The standard InChI is InChI=1S/C8H9N5/c1-6-3-8(12-7(2)11-6)13-5-9-4-10-13/h3-5H,1-2H3. The quantitative estimate of drug-likeness (QED) is 0.639. The topological polar surface area (TPSA) is 56.5 Å². The van der Waals surface area contributed by atoms with Gasteiger partial charge >= 0.3 is 0 Å². The third-order valence-electron chi connectivity index (χ3n) is 1.61. The Kier molecular flexibility index (Phi) is 1.77. The monoisotopic (exact) mass is 175 g/mol. The highest BCUT2D eigenvalue weighted by Crippen LogP contribution is 2.03. The Morgan fingerprint density at radius 3 is 2.69 bits per heavy atom. The minimum atomic E-state index is 0.741. The van der Waals surface area contributed by atoms with Crippen molar-refractivity contribution < 1.29 is 0 Å². The molecule has 2 heterocycles. The summed E-state index contributed by atoms with van der Waals surface area (Å²) in [6, 6.07) is 1.86. The van der Waals surface area contributed by atoms with Crippen LogP contribution in [0.4, 0.5) is 0 Å². The number of rotatable bonds is 1. The molecule has 0 fully saturated rings. The first-order chi connectivity index (χ1) is 6.25. The van der Waals surface area contributed by atoms with E-state index in [0.29, 0.717) is 0 Å². The molecule has 2 aromatic rings. The van der Waals surface area contributed by atoms with E-state index in [9.17, 15) is 0 Å². The van der Waals surface area contributed by atoms with Crippen molar-refractivity contribution in [2.24, 2.45) is 0 Å². The molecule has 0 saturated carbocycles. The van der Waals surface area contributed by atoms with Crippen LogP contribution in [0.3, 0.4) is 0 Å². The van der Waals surface area contributed by atoms with Gasteiger partial charge in [0.2, 0.25) is 0 Å². The highest BCUT2D eigenvalue weighted by Gasteiger charge is 2.00. The van der Waals surface area contributed by atoms with Gasteiger partial charge in [0.05, 0.1) is 0 Å². The minimum Gasteiger partial charge on any atom is -0.238 e. The van der Waals surface area contributed by atoms with E-state index in [2.05, 4.69) is 20.1 Å². The van der Waals surface area contributed by atoms with E-state index in [-0.39, 0.29) is 0 Å². The van der Waals surface area contributed by atoms with Crippen molar-refractivity contribution in [3.05, 3.63) is 30.2 Å². The maximum absolute atomic E-state index is 4.23. The van der Waals surface area contributed by atoms with Gasteiger partial charge in [0, 0.05) is 11.8 Å². The zero-order valence-electron chi connectivity index (χ0n) is 7.47. The molecule has 0 aliphatic heterocycles. The van der Waals surface area contributed by atoms with Gasteiger partial charge in [-0.05, 0) is 13.8 Å². The number of hydrogen-bond donors (Lipinski definition) is 0. The summed E-state index contributed by atoms with van der Waals surface area (Å²) in [5, 5.41) is 3.98. The summed E-state index contributed by atoms with van der Waals surface area (Å²) in [5.74, 6) is 1.49. The second kappa shape index (κ2) is 2.93. The van der Waals surface area contributed by atoms with Gasteiger partial charge in [-0.2, -0.15) is 5.10 Å². The van der Waals surface area contributed by atoms with Gasteiger partial charge in [0.25, 0.3) is 0 Å². The molecule has 0 spiro atoms. The average molecular weight is 175 g/mol. The Balaban J connectivity index is 2.53. The van der Waals surface area contributed by atoms with Crippen LogP contribution < -0.4 is 0 Å². The van der Waals surface area contributed by atoms with Crippen molar-refractivity contribution in [1.82, 2.24) is 24.7 Å². The van der Waals surface area contributed by atoms with E-state index in [4.69, 9.17) is 0 Å². The molecule has 0 aliphatic rings. The molecule has 0 aliphatic carbocycles. The van der Waals surface area contributed by atoms with Crippen LogP contribution in [0.2, 0.25) is 0 Å². The van der Waals surface area contributed by atoms with E-state index in [1.165, 1.54) is 6.33 Å². The smallest absolute Gasteiger partial charge is 0.159 e. The van der Waals surface area contributed by atoms with Gasteiger partial charge in [-0.25, -0.2) is 19.6 Å². The van der Waals surface area contributed by atoms with Crippen molar-refractivity contribution in [3.63, 3.8) is 0 Å². The van der Waals surface area contributed by atoms with Crippen LogP contribution in [0, 0.1) is 13.8 Å². The molecular weight excluding hydrogens is 166 g/mol. The summed E-state index contributed by atoms with van der Waals surface area (Å²) < 4.78 is 1.61. The summed E-state index contributed by atoms with van der Waals surface area (Å²) in [7, 11) is 0. The predicted octanol–water partition coefficient (Wildman–Crippen LogP) is 0.674. The Labute approximate surface area is 75.5 Å². The van der Waals surface area contributed by atoms with Crippen molar-refractivity contribution >= 4 is 0 Å². The molecule has 0 saturated heterocycles. The lowest BCUT2D eigenvalue weighted by Gasteiger charge is -2.01. The molecule has 0 amide bonds. The van der Waals surface area contributed by atoms with Gasteiger partial charge in [-0.3, -0.25) is 0 Å². The molecule has 0 aromatic carbocycles. The Bertz CT molecular complexity index is 386. The number of aromatic nitrogens is 5. The first-order valence-electron chi connectivity index (χ1n) is 3.93. The van der Waals surface area contributed by atoms with Crippen LogP contribution >= 0.6 is 0 Å². The second-order valence-corrected chi connectivity index (χ2v) is 2.75. The lowest BCUT2D eigenvalue weighted by Crippen LogP contribution is -2.02. The first-order valence-corrected chi connectivity index (χ1v) is 3.93. The number of aryl methyl sites for hydroxylation is 2. The van der Waals surface area contributed by atoms with Gasteiger partial charge in [-0.15, -0.1) is 0 Å². The van der Waals surface area contributed by atoms with Gasteiger partial charge in [0.1, 0.15) is 18.5 Å². The molecule has 0 atom stereocenters. The average Bonchev–Trinajstić information content (AvgIpc) is 2.53. The summed E-state index contributed by atoms with van der Waals surface area (Å²) in [6.45, 7) is 3.78. The normalized spacial score (nSPS) is 10.3. The number of hydrogen-bond acceptors (Lipinski definition) is 4. The molecule has 13 heavy (non-hydrogen) atoms. The van der Waals surface area contributed by atoms with Crippen molar-refractivity contribution in [2.75, 3.05) is 0 Å². The highest BCUT2D eigenvalue weighted by molar-refractivity contribution is 5.22. The maximum Gasteiger partial charge on any atom is 0.159 e. The van der Waals surface area contributed by atoms with Crippen molar-refractivity contribution in [2.45, 2.75) is 13.8 Å². The van der Waals surface area contributed by atoms with Crippen LogP contribution in [0.5, 0.6) is 0 Å². The number of nitrogens with zero attached hydrogens (tertiary/aromatic N) is 5. The predicted molar refractivity (Wildman–Crippen MR) is 46.4 cm³/mol. The minimum absolute atomic E-state index is 0.741. The summed E-state index contributed by atoms with van der Waals surface area (Å²) in [4.78, 5) is 12.2. The summed E-state index contributed by atoms with van der Waals surface area (Å²) >= 11 is 0. The largest absolute Gasteiger partial charge is 0.238 e. The van der Waals surface area contributed by atoms with Crippen molar-refractivity contribution in [3.8, 4) is 5.82 Å². The molecule has 0 radical (unpaired) electrons.